The lowest BCUT2D eigenvalue weighted by Crippen LogP contribution is -2.28. The van der Waals surface area contributed by atoms with E-state index in [4.69, 9.17) is 0 Å². The molecule has 1 N–H and O–H groups in total. The first-order valence-corrected chi connectivity index (χ1v) is 6.92. The Morgan fingerprint density at radius 1 is 1.05 bits per heavy atom. The number of benzene rings is 2. The molecular weight excluding hydrogens is 264 g/mol. The third-order valence-electron chi connectivity index (χ3n) is 3.58. The molecule has 0 spiro atoms. The van der Waals surface area contributed by atoms with Crippen molar-refractivity contribution in [2.75, 3.05) is 16.8 Å². The summed E-state index contributed by atoms with van der Waals surface area (Å²) in [7, 11) is 0. The Labute approximate surface area is 123 Å². The summed E-state index contributed by atoms with van der Waals surface area (Å²) in [5.74, 6) is -0.128. The van der Waals surface area contributed by atoms with Crippen LogP contribution >= 0.6 is 0 Å². The number of amides is 2. The Bertz CT molecular complexity index is 692. The number of hydrogen-bond donors (Lipinski definition) is 1. The molecule has 0 radical (unpaired) electrons. The second-order valence-corrected chi connectivity index (χ2v) is 5.09. The summed E-state index contributed by atoms with van der Waals surface area (Å²) in [4.78, 5) is 25.4. The molecular formula is C17H16N2O2. The Morgan fingerprint density at radius 2 is 1.76 bits per heavy atom. The van der Waals surface area contributed by atoms with Crippen LogP contribution in [-0.2, 0) is 11.2 Å². The summed E-state index contributed by atoms with van der Waals surface area (Å²) in [6.45, 7) is 2.17. The number of hydrogen-bond acceptors (Lipinski definition) is 2. The van der Waals surface area contributed by atoms with Crippen LogP contribution in [0.5, 0.6) is 0 Å². The van der Waals surface area contributed by atoms with Gasteiger partial charge in [0.2, 0.25) is 5.91 Å². The zero-order chi connectivity index (χ0) is 14.8. The van der Waals surface area contributed by atoms with Crippen molar-refractivity contribution in [1.29, 1.82) is 0 Å². The van der Waals surface area contributed by atoms with E-state index in [9.17, 15) is 9.59 Å². The quantitative estimate of drug-likeness (QED) is 0.919. The van der Waals surface area contributed by atoms with E-state index in [0.717, 1.165) is 12.1 Å². The van der Waals surface area contributed by atoms with Crippen LogP contribution in [0.25, 0.3) is 0 Å². The van der Waals surface area contributed by atoms with Crippen molar-refractivity contribution in [3.8, 4) is 0 Å². The molecule has 21 heavy (non-hydrogen) atoms. The molecule has 0 fully saturated rings. The normalized spacial score (nSPS) is 12.9. The summed E-state index contributed by atoms with van der Waals surface area (Å²) in [6, 6.07) is 15.0. The summed E-state index contributed by atoms with van der Waals surface area (Å²) >= 11 is 0. The number of para-hydroxylation sites is 1. The van der Waals surface area contributed by atoms with Gasteiger partial charge in [0.1, 0.15) is 0 Å². The first-order chi connectivity index (χ1) is 10.1. The highest BCUT2D eigenvalue weighted by molar-refractivity contribution is 6.07. The van der Waals surface area contributed by atoms with Gasteiger partial charge in [0, 0.05) is 30.4 Å². The maximum Gasteiger partial charge on any atom is 0.258 e. The van der Waals surface area contributed by atoms with Crippen molar-refractivity contribution >= 4 is 23.2 Å². The molecule has 1 heterocycles. The molecule has 2 amide bonds. The van der Waals surface area contributed by atoms with Crippen LogP contribution in [0.3, 0.4) is 0 Å². The molecule has 4 nitrogen and oxygen atoms in total. The maximum atomic E-state index is 12.6. The Balaban J connectivity index is 1.82. The van der Waals surface area contributed by atoms with E-state index in [1.807, 2.05) is 23.1 Å². The average molecular weight is 280 g/mol. The molecule has 0 atom stereocenters. The van der Waals surface area contributed by atoms with Crippen LogP contribution in [0.15, 0.2) is 48.5 Å². The first kappa shape index (κ1) is 13.4. The predicted octanol–water partition coefficient (Wildman–Crippen LogP) is 2.85. The van der Waals surface area contributed by atoms with Crippen LogP contribution in [0.1, 0.15) is 22.8 Å². The molecule has 0 saturated heterocycles. The molecule has 2 aromatic carbocycles. The number of carbonyl (C=O) groups is 2. The second kappa shape index (κ2) is 5.40. The number of rotatable bonds is 2. The number of nitrogens with one attached hydrogen (secondary N) is 1. The minimum absolute atomic E-state index is 0.00525. The number of nitrogens with zero attached hydrogens (tertiary/aromatic N) is 1. The molecule has 4 heteroatoms. The van der Waals surface area contributed by atoms with Crippen molar-refractivity contribution in [3.05, 3.63) is 59.7 Å². The third kappa shape index (κ3) is 2.65. The minimum Gasteiger partial charge on any atom is -0.326 e. The number of carbonyl (C=O) groups excluding carboxylic acids is 2. The molecule has 106 valence electrons. The van der Waals surface area contributed by atoms with Crippen molar-refractivity contribution < 1.29 is 9.59 Å². The minimum atomic E-state index is -0.123. The topological polar surface area (TPSA) is 49.4 Å². The monoisotopic (exact) mass is 280 g/mol. The number of fused-ring (bicyclic) bond motifs is 1. The van der Waals surface area contributed by atoms with Gasteiger partial charge >= 0.3 is 0 Å². The highest BCUT2D eigenvalue weighted by Crippen LogP contribution is 2.28. The molecule has 0 aliphatic carbocycles. The van der Waals surface area contributed by atoms with Crippen molar-refractivity contribution in [1.82, 2.24) is 0 Å². The standard InChI is InChI=1S/C17H16N2O2/c1-12(20)18-15-8-6-14(7-9-15)17(21)19-11-10-13-4-2-3-5-16(13)19/h2-9H,10-11H2,1H3,(H,18,20). The van der Waals surface area contributed by atoms with Gasteiger partial charge in [-0.2, -0.15) is 0 Å². The molecule has 0 unspecified atom stereocenters. The first-order valence-electron chi connectivity index (χ1n) is 6.92. The molecule has 3 rings (SSSR count). The largest absolute Gasteiger partial charge is 0.326 e. The van der Waals surface area contributed by atoms with E-state index >= 15 is 0 Å². The SMILES string of the molecule is CC(=O)Nc1ccc(C(=O)N2CCc3ccccc32)cc1. The van der Waals surface area contributed by atoms with Crippen LogP contribution < -0.4 is 10.2 Å². The molecule has 2 aromatic rings. The van der Waals surface area contributed by atoms with E-state index < -0.39 is 0 Å². The van der Waals surface area contributed by atoms with Gasteiger partial charge < -0.3 is 10.2 Å². The lowest BCUT2D eigenvalue weighted by Gasteiger charge is -2.17. The van der Waals surface area contributed by atoms with Gasteiger partial charge in [0.25, 0.3) is 5.91 Å². The van der Waals surface area contributed by atoms with E-state index in [0.29, 0.717) is 17.8 Å². The Hall–Kier alpha value is -2.62. The highest BCUT2D eigenvalue weighted by atomic mass is 16.2. The van der Waals surface area contributed by atoms with Gasteiger partial charge in [-0.1, -0.05) is 18.2 Å². The summed E-state index contributed by atoms with van der Waals surface area (Å²) in [5, 5.41) is 2.69. The Kier molecular flexibility index (Phi) is 3.44. The van der Waals surface area contributed by atoms with Crippen LogP contribution in [0.2, 0.25) is 0 Å². The van der Waals surface area contributed by atoms with Gasteiger partial charge in [-0.05, 0) is 42.3 Å². The van der Waals surface area contributed by atoms with E-state index in [1.165, 1.54) is 12.5 Å². The predicted molar refractivity (Wildman–Crippen MR) is 82.6 cm³/mol. The fraction of sp³-hybridized carbons (Fsp3) is 0.176. The molecule has 0 bridgehead atoms. The smallest absolute Gasteiger partial charge is 0.258 e. The van der Waals surface area contributed by atoms with Crippen molar-refractivity contribution in [2.24, 2.45) is 0 Å². The molecule has 1 aliphatic heterocycles. The highest BCUT2D eigenvalue weighted by Gasteiger charge is 2.24. The van der Waals surface area contributed by atoms with Crippen molar-refractivity contribution in [3.63, 3.8) is 0 Å². The lowest BCUT2D eigenvalue weighted by atomic mass is 10.1. The zero-order valence-corrected chi connectivity index (χ0v) is 11.8. The van der Waals surface area contributed by atoms with Crippen LogP contribution in [0.4, 0.5) is 11.4 Å². The summed E-state index contributed by atoms with van der Waals surface area (Å²) in [6.07, 6.45) is 0.895. The van der Waals surface area contributed by atoms with Gasteiger partial charge in [0.15, 0.2) is 0 Å². The third-order valence-corrected chi connectivity index (χ3v) is 3.58. The van der Waals surface area contributed by atoms with E-state index in [-0.39, 0.29) is 11.8 Å². The zero-order valence-electron chi connectivity index (χ0n) is 11.8. The Morgan fingerprint density at radius 3 is 2.48 bits per heavy atom. The van der Waals surface area contributed by atoms with Crippen LogP contribution in [0, 0.1) is 0 Å². The fourth-order valence-electron chi connectivity index (χ4n) is 2.60. The van der Waals surface area contributed by atoms with Gasteiger partial charge in [-0.25, -0.2) is 0 Å². The second-order valence-electron chi connectivity index (χ2n) is 5.09. The fourth-order valence-corrected chi connectivity index (χ4v) is 2.60. The maximum absolute atomic E-state index is 12.6. The van der Waals surface area contributed by atoms with E-state index in [2.05, 4.69) is 11.4 Å². The van der Waals surface area contributed by atoms with E-state index in [1.54, 1.807) is 24.3 Å². The lowest BCUT2D eigenvalue weighted by molar-refractivity contribution is -0.114. The van der Waals surface area contributed by atoms with Gasteiger partial charge in [-0.15, -0.1) is 0 Å². The number of anilines is 2. The van der Waals surface area contributed by atoms with Gasteiger partial charge in [0.05, 0.1) is 0 Å². The average Bonchev–Trinajstić information content (AvgIpc) is 2.90. The molecule has 0 saturated carbocycles. The van der Waals surface area contributed by atoms with Crippen molar-refractivity contribution in [2.45, 2.75) is 13.3 Å². The summed E-state index contributed by atoms with van der Waals surface area (Å²) < 4.78 is 0. The molecule has 0 aromatic heterocycles. The van der Waals surface area contributed by atoms with Crippen LogP contribution in [-0.4, -0.2) is 18.4 Å². The van der Waals surface area contributed by atoms with Gasteiger partial charge in [-0.3, -0.25) is 9.59 Å². The summed E-state index contributed by atoms with van der Waals surface area (Å²) in [5.41, 5.74) is 3.52. The molecule has 1 aliphatic rings.